The minimum absolute atomic E-state index is 0.0147. The van der Waals surface area contributed by atoms with Gasteiger partial charge in [0.15, 0.2) is 17.3 Å². The molecule has 4 aromatic rings. The van der Waals surface area contributed by atoms with Gasteiger partial charge in [-0.2, -0.15) is 4.98 Å². The normalized spacial score (nSPS) is 11.5. The zero-order valence-electron chi connectivity index (χ0n) is 19.7. The van der Waals surface area contributed by atoms with Crippen molar-refractivity contribution in [3.05, 3.63) is 87.5 Å². The summed E-state index contributed by atoms with van der Waals surface area (Å²) in [5, 5.41) is 4.78. The summed E-state index contributed by atoms with van der Waals surface area (Å²) in [7, 11) is -1.13. The molecule has 8 nitrogen and oxygen atoms in total. The molecule has 0 saturated carbocycles. The first-order valence-corrected chi connectivity index (χ1v) is 13.0. The van der Waals surface area contributed by atoms with Gasteiger partial charge in [-0.1, -0.05) is 52.6 Å². The number of halogens is 2. The molecule has 0 spiro atoms. The lowest BCUT2D eigenvalue weighted by Gasteiger charge is -2.20. The van der Waals surface area contributed by atoms with E-state index in [0.29, 0.717) is 39.2 Å². The second-order valence-electron chi connectivity index (χ2n) is 7.80. The van der Waals surface area contributed by atoms with E-state index in [1.54, 1.807) is 31.2 Å². The Morgan fingerprint density at radius 2 is 1.78 bits per heavy atom. The quantitative estimate of drug-likeness (QED) is 0.297. The third kappa shape index (κ3) is 5.49. The fourth-order valence-electron chi connectivity index (χ4n) is 3.83. The number of hydrogen-bond donors (Lipinski definition) is 1. The number of nitrogens with one attached hydrogen (secondary N) is 1. The average Bonchev–Trinajstić information content (AvgIpc) is 3.28. The summed E-state index contributed by atoms with van der Waals surface area (Å²) in [6.45, 7) is 1.47. The van der Waals surface area contributed by atoms with Crippen LogP contribution in [0, 0.1) is 6.92 Å². The molecular formula is C25H23Cl2N3O5S. The molecule has 0 saturated heterocycles. The van der Waals surface area contributed by atoms with Crippen molar-refractivity contribution in [3.8, 4) is 22.6 Å². The van der Waals surface area contributed by atoms with Crippen molar-refractivity contribution < 1.29 is 22.4 Å². The smallest absolute Gasteiger partial charge is 0.241 e. The first kappa shape index (κ1) is 26.0. The van der Waals surface area contributed by atoms with E-state index >= 15 is 0 Å². The van der Waals surface area contributed by atoms with Crippen LogP contribution in [0.4, 0.5) is 0 Å². The van der Waals surface area contributed by atoms with Crippen LogP contribution >= 0.6 is 23.2 Å². The minimum atomic E-state index is -4.07. The molecule has 0 bridgehead atoms. The molecule has 0 aliphatic heterocycles. The van der Waals surface area contributed by atoms with Crippen LogP contribution in [-0.4, -0.2) is 32.8 Å². The van der Waals surface area contributed by atoms with Gasteiger partial charge in [0, 0.05) is 15.6 Å². The molecule has 0 unspecified atom stereocenters. The molecule has 4 rings (SSSR count). The number of hydrogen-bond acceptors (Lipinski definition) is 7. The van der Waals surface area contributed by atoms with E-state index in [1.165, 1.54) is 26.4 Å². The summed E-state index contributed by atoms with van der Waals surface area (Å²) in [6.07, 6.45) is 0.407. The number of nitrogens with zero attached hydrogens (tertiary/aromatic N) is 2. The van der Waals surface area contributed by atoms with Crippen molar-refractivity contribution in [1.29, 1.82) is 0 Å². The lowest BCUT2D eigenvalue weighted by atomic mass is 9.94. The molecule has 0 atom stereocenters. The number of methoxy groups -OCH3 is 2. The number of sulfonamides is 1. The number of rotatable bonds is 9. The van der Waals surface area contributed by atoms with Gasteiger partial charge < -0.3 is 14.0 Å². The van der Waals surface area contributed by atoms with Crippen molar-refractivity contribution in [2.45, 2.75) is 24.8 Å². The van der Waals surface area contributed by atoms with E-state index in [4.69, 9.17) is 37.2 Å². The van der Waals surface area contributed by atoms with Crippen LogP contribution in [0.3, 0.4) is 0 Å². The Balaban J connectivity index is 1.88. The lowest BCUT2D eigenvalue weighted by molar-refractivity contribution is 0.355. The Hall–Kier alpha value is -3.11. The Morgan fingerprint density at radius 3 is 2.44 bits per heavy atom. The van der Waals surface area contributed by atoms with Gasteiger partial charge in [0.2, 0.25) is 15.9 Å². The lowest BCUT2D eigenvalue weighted by Crippen LogP contribution is -2.24. The highest BCUT2D eigenvalue weighted by atomic mass is 35.5. The zero-order chi connectivity index (χ0) is 25.9. The van der Waals surface area contributed by atoms with Crippen LogP contribution in [0.5, 0.6) is 11.5 Å². The SMILES string of the molecule is COc1ccc(S(=O)(=O)NCc2nc(C)no2)c(-c2ccc(Cl)cc2Cc2ccccc2Cl)c1OC. The summed E-state index contributed by atoms with van der Waals surface area (Å²) < 4.78 is 45.8. The van der Waals surface area contributed by atoms with E-state index in [1.807, 2.05) is 18.2 Å². The molecule has 1 heterocycles. The highest BCUT2D eigenvalue weighted by Gasteiger charge is 2.27. The minimum Gasteiger partial charge on any atom is -0.493 e. The predicted molar refractivity (Wildman–Crippen MR) is 137 cm³/mol. The summed E-state index contributed by atoms with van der Waals surface area (Å²) >= 11 is 12.8. The van der Waals surface area contributed by atoms with Gasteiger partial charge in [0.1, 0.15) is 0 Å². The van der Waals surface area contributed by atoms with E-state index in [9.17, 15) is 8.42 Å². The highest BCUT2D eigenvalue weighted by Crippen LogP contribution is 2.44. The Labute approximate surface area is 219 Å². The molecule has 0 fully saturated rings. The topological polar surface area (TPSA) is 104 Å². The zero-order valence-corrected chi connectivity index (χ0v) is 22.0. The molecule has 1 aromatic heterocycles. The maximum absolute atomic E-state index is 13.5. The standard InChI is InChI=1S/C25H23Cl2N3O5S/c1-15-29-23(35-30-15)14-28-36(31,32)22-11-10-21(33-2)25(34-3)24(22)19-9-8-18(26)13-17(19)12-16-6-4-5-7-20(16)27/h4-11,13,28H,12,14H2,1-3H3. The van der Waals surface area contributed by atoms with Gasteiger partial charge >= 0.3 is 0 Å². The monoisotopic (exact) mass is 547 g/mol. The second-order valence-corrected chi connectivity index (χ2v) is 10.4. The molecule has 0 radical (unpaired) electrons. The first-order valence-electron chi connectivity index (χ1n) is 10.8. The summed E-state index contributed by atoms with van der Waals surface area (Å²) in [5.41, 5.74) is 2.54. The maximum Gasteiger partial charge on any atom is 0.241 e. The Kier molecular flexibility index (Phi) is 7.85. The molecule has 11 heteroatoms. The van der Waals surface area contributed by atoms with Gasteiger partial charge in [0.05, 0.1) is 25.7 Å². The van der Waals surface area contributed by atoms with E-state index in [-0.39, 0.29) is 23.1 Å². The third-order valence-corrected chi connectivity index (χ3v) is 7.50. The molecule has 36 heavy (non-hydrogen) atoms. The molecule has 0 amide bonds. The van der Waals surface area contributed by atoms with Gasteiger partial charge in [-0.3, -0.25) is 0 Å². The van der Waals surface area contributed by atoms with Crippen molar-refractivity contribution >= 4 is 33.2 Å². The van der Waals surface area contributed by atoms with Crippen molar-refractivity contribution in [1.82, 2.24) is 14.9 Å². The van der Waals surface area contributed by atoms with Gasteiger partial charge in [-0.25, -0.2) is 13.1 Å². The molecule has 0 aliphatic carbocycles. The van der Waals surface area contributed by atoms with Gasteiger partial charge in [-0.05, 0) is 60.4 Å². The van der Waals surface area contributed by atoms with E-state index in [0.717, 1.165) is 11.1 Å². The number of aromatic nitrogens is 2. The maximum atomic E-state index is 13.5. The Morgan fingerprint density at radius 1 is 1.00 bits per heavy atom. The van der Waals surface area contributed by atoms with Gasteiger partial charge in [-0.15, -0.1) is 0 Å². The summed E-state index contributed by atoms with van der Waals surface area (Å²) in [5.74, 6) is 1.18. The van der Waals surface area contributed by atoms with Crippen LogP contribution in [0.15, 0.2) is 64.0 Å². The van der Waals surface area contributed by atoms with Crippen LogP contribution in [-0.2, 0) is 23.0 Å². The number of benzene rings is 3. The fraction of sp³-hybridized carbons (Fsp3) is 0.200. The summed E-state index contributed by atoms with van der Waals surface area (Å²) in [4.78, 5) is 4.04. The molecule has 1 N–H and O–H groups in total. The van der Waals surface area contributed by atoms with Crippen molar-refractivity contribution in [3.63, 3.8) is 0 Å². The molecular weight excluding hydrogens is 525 g/mol. The number of ether oxygens (including phenoxy) is 2. The third-order valence-electron chi connectivity index (χ3n) is 5.46. The van der Waals surface area contributed by atoms with E-state index in [2.05, 4.69) is 14.9 Å². The van der Waals surface area contributed by atoms with E-state index < -0.39 is 10.0 Å². The van der Waals surface area contributed by atoms with Crippen LogP contribution < -0.4 is 14.2 Å². The molecule has 0 aliphatic rings. The average molecular weight is 548 g/mol. The van der Waals surface area contributed by atoms with Crippen molar-refractivity contribution in [2.75, 3.05) is 14.2 Å². The van der Waals surface area contributed by atoms with Crippen molar-refractivity contribution in [2.24, 2.45) is 0 Å². The Bertz CT molecular complexity index is 1510. The molecule has 188 valence electrons. The second kappa shape index (κ2) is 10.9. The number of aryl methyl sites for hydroxylation is 1. The fourth-order valence-corrected chi connectivity index (χ4v) is 5.42. The first-order chi connectivity index (χ1) is 17.2. The van der Waals surface area contributed by atoms with Crippen LogP contribution in [0.2, 0.25) is 10.0 Å². The highest BCUT2D eigenvalue weighted by molar-refractivity contribution is 7.89. The summed E-state index contributed by atoms with van der Waals surface area (Å²) in [6, 6.07) is 15.7. The molecule has 3 aromatic carbocycles. The van der Waals surface area contributed by atoms with Crippen LogP contribution in [0.1, 0.15) is 22.8 Å². The predicted octanol–water partition coefficient (Wildman–Crippen LogP) is 5.44. The van der Waals surface area contributed by atoms with Gasteiger partial charge in [0.25, 0.3) is 0 Å². The largest absolute Gasteiger partial charge is 0.493 e. The van der Waals surface area contributed by atoms with Crippen LogP contribution in [0.25, 0.3) is 11.1 Å².